The van der Waals surface area contributed by atoms with Crippen molar-refractivity contribution >= 4 is 0 Å². The number of nitrogens with one attached hydrogen (secondary N) is 1. The Kier molecular flexibility index (Phi) is 6.10. The Morgan fingerprint density at radius 1 is 1.23 bits per heavy atom. The molecule has 0 radical (unpaired) electrons. The van der Waals surface area contributed by atoms with Gasteiger partial charge in [0.2, 0.25) is 0 Å². The van der Waals surface area contributed by atoms with Gasteiger partial charge >= 0.3 is 6.18 Å². The summed E-state index contributed by atoms with van der Waals surface area (Å²) in [4.78, 5) is 0. The fraction of sp³-hybridized carbons (Fsp3) is 0.556. The highest BCUT2D eigenvalue weighted by molar-refractivity contribution is 5.00. The van der Waals surface area contributed by atoms with Crippen LogP contribution in [0.25, 0.3) is 0 Å². The van der Waals surface area contributed by atoms with Gasteiger partial charge in [-0.1, -0.05) is 12.2 Å². The first-order chi connectivity index (χ1) is 6.06. The molecule has 0 aromatic carbocycles. The minimum atomic E-state index is -4.02. The van der Waals surface area contributed by atoms with Crippen molar-refractivity contribution in [2.24, 2.45) is 0 Å². The second-order valence-corrected chi connectivity index (χ2v) is 2.58. The third kappa shape index (κ3) is 11.1. The molecule has 0 rings (SSSR count). The van der Waals surface area contributed by atoms with Gasteiger partial charge in [0.15, 0.2) is 0 Å². The van der Waals surface area contributed by atoms with Gasteiger partial charge in [0.05, 0.1) is 0 Å². The van der Waals surface area contributed by atoms with Gasteiger partial charge in [-0.05, 0) is 25.1 Å². The van der Waals surface area contributed by atoms with Crippen LogP contribution in [-0.2, 0) is 0 Å². The first-order valence-electron chi connectivity index (χ1n) is 4.12. The fourth-order valence-electron chi connectivity index (χ4n) is 0.747. The van der Waals surface area contributed by atoms with E-state index in [0.29, 0.717) is 6.42 Å². The largest absolute Gasteiger partial charge is 0.394 e. The van der Waals surface area contributed by atoms with Gasteiger partial charge in [-0.3, -0.25) is 0 Å². The first kappa shape index (κ1) is 12.1. The predicted molar refractivity (Wildman–Crippen MR) is 47.2 cm³/mol. The zero-order valence-electron chi connectivity index (χ0n) is 7.56. The third-order valence-corrected chi connectivity index (χ3v) is 1.34. The molecular formula is C9H14F3N. The van der Waals surface area contributed by atoms with Crippen molar-refractivity contribution in [3.8, 4) is 0 Å². The Hall–Kier alpha value is -0.930. The van der Waals surface area contributed by atoms with Crippen molar-refractivity contribution in [1.29, 1.82) is 0 Å². The van der Waals surface area contributed by atoms with E-state index in [2.05, 4.69) is 5.32 Å². The van der Waals surface area contributed by atoms with E-state index in [9.17, 15) is 13.2 Å². The van der Waals surface area contributed by atoms with Crippen molar-refractivity contribution in [1.82, 2.24) is 5.32 Å². The van der Waals surface area contributed by atoms with E-state index in [1.807, 2.05) is 0 Å². The molecule has 4 heteroatoms. The lowest BCUT2D eigenvalue weighted by molar-refractivity contribution is -0.135. The van der Waals surface area contributed by atoms with E-state index in [4.69, 9.17) is 0 Å². The summed E-state index contributed by atoms with van der Waals surface area (Å²) in [5.74, 6) is 0. The summed E-state index contributed by atoms with van der Waals surface area (Å²) < 4.78 is 34.9. The molecule has 0 aliphatic carbocycles. The molecule has 0 aromatic rings. The van der Waals surface area contributed by atoms with Crippen molar-refractivity contribution in [2.45, 2.75) is 25.4 Å². The maximum Gasteiger partial charge on any atom is 0.389 e. The summed E-state index contributed by atoms with van der Waals surface area (Å²) in [6, 6.07) is 0. The Labute approximate surface area is 76.3 Å². The number of allylic oxidation sites excluding steroid dienone is 3. The molecule has 0 heterocycles. The predicted octanol–water partition coefficient (Wildman–Crippen LogP) is 3.01. The fourth-order valence-corrected chi connectivity index (χ4v) is 0.747. The first-order valence-corrected chi connectivity index (χ1v) is 4.12. The molecule has 1 nitrogen and oxygen atoms in total. The molecule has 0 aromatic heterocycles. The van der Waals surface area contributed by atoms with Gasteiger partial charge in [0.1, 0.15) is 0 Å². The molecule has 0 unspecified atom stereocenters. The van der Waals surface area contributed by atoms with Gasteiger partial charge in [0.25, 0.3) is 0 Å². The molecule has 1 N–H and O–H groups in total. The minimum Gasteiger partial charge on any atom is -0.394 e. The van der Waals surface area contributed by atoms with E-state index in [0.717, 1.165) is 0 Å². The normalized spacial score (nSPS) is 12.9. The van der Waals surface area contributed by atoms with E-state index in [1.165, 1.54) is 0 Å². The summed E-state index contributed by atoms with van der Waals surface area (Å²) >= 11 is 0. The van der Waals surface area contributed by atoms with Crippen LogP contribution in [0.1, 0.15) is 19.3 Å². The molecule has 0 bridgehead atoms. The van der Waals surface area contributed by atoms with Gasteiger partial charge in [-0.15, -0.1) is 0 Å². The van der Waals surface area contributed by atoms with Crippen LogP contribution in [0.4, 0.5) is 13.2 Å². The lowest BCUT2D eigenvalue weighted by atomic mass is 10.2. The summed E-state index contributed by atoms with van der Waals surface area (Å²) in [5, 5.41) is 2.77. The molecule has 0 spiro atoms. The molecular weight excluding hydrogens is 179 g/mol. The number of hydrogen-bond donors (Lipinski definition) is 1. The quantitative estimate of drug-likeness (QED) is 0.522. The number of rotatable bonds is 5. The van der Waals surface area contributed by atoms with Gasteiger partial charge in [-0.25, -0.2) is 0 Å². The van der Waals surface area contributed by atoms with E-state index < -0.39 is 12.6 Å². The summed E-state index contributed by atoms with van der Waals surface area (Å²) in [7, 11) is 1.76. The number of unbranched alkanes of at least 4 members (excludes halogenated alkanes) is 1. The van der Waals surface area contributed by atoms with Crippen molar-refractivity contribution in [3.05, 3.63) is 24.4 Å². The number of alkyl halides is 3. The Bertz CT molecular complexity index is 170. The van der Waals surface area contributed by atoms with Gasteiger partial charge < -0.3 is 5.32 Å². The average Bonchev–Trinajstić information content (AvgIpc) is 2.01. The smallest absolute Gasteiger partial charge is 0.389 e. The Morgan fingerprint density at radius 2 is 1.92 bits per heavy atom. The maximum atomic E-state index is 11.6. The SMILES string of the molecule is CN/C=C\C=C/CCCC(F)(F)F. The standard InChI is InChI=1S/C9H14F3N/c1-13-8-6-4-2-3-5-7-9(10,11)12/h2,4,6,8,13H,3,5,7H2,1H3/b4-2-,8-6-. The Balaban J connectivity index is 3.35. The zero-order chi connectivity index (χ0) is 10.2. The molecule has 13 heavy (non-hydrogen) atoms. The maximum absolute atomic E-state index is 11.6. The minimum absolute atomic E-state index is 0.160. The van der Waals surface area contributed by atoms with Crippen LogP contribution in [-0.4, -0.2) is 13.2 Å². The third-order valence-electron chi connectivity index (χ3n) is 1.34. The summed E-state index contributed by atoms with van der Waals surface area (Å²) in [6.07, 6.45) is 2.81. The highest BCUT2D eigenvalue weighted by Crippen LogP contribution is 2.22. The second-order valence-electron chi connectivity index (χ2n) is 2.58. The van der Waals surface area contributed by atoms with E-state index >= 15 is 0 Å². The molecule has 0 atom stereocenters. The van der Waals surface area contributed by atoms with Crippen LogP contribution in [0.15, 0.2) is 24.4 Å². The molecule has 0 amide bonds. The van der Waals surface area contributed by atoms with Crippen LogP contribution in [0, 0.1) is 0 Å². The molecule has 0 fully saturated rings. The van der Waals surface area contributed by atoms with Crippen LogP contribution < -0.4 is 5.32 Å². The molecule has 0 aliphatic heterocycles. The molecule has 76 valence electrons. The molecule has 0 saturated carbocycles. The number of hydrogen-bond acceptors (Lipinski definition) is 1. The van der Waals surface area contributed by atoms with Crippen molar-refractivity contribution in [2.75, 3.05) is 7.05 Å². The number of halogens is 3. The van der Waals surface area contributed by atoms with E-state index in [1.54, 1.807) is 31.5 Å². The lowest BCUT2D eigenvalue weighted by Gasteiger charge is -2.02. The van der Waals surface area contributed by atoms with Crippen LogP contribution in [0.5, 0.6) is 0 Å². The van der Waals surface area contributed by atoms with Crippen LogP contribution >= 0.6 is 0 Å². The zero-order valence-corrected chi connectivity index (χ0v) is 7.56. The van der Waals surface area contributed by atoms with Gasteiger partial charge in [0, 0.05) is 13.5 Å². The van der Waals surface area contributed by atoms with Crippen LogP contribution in [0.3, 0.4) is 0 Å². The summed E-state index contributed by atoms with van der Waals surface area (Å²) in [6.45, 7) is 0. The second kappa shape index (κ2) is 6.57. The van der Waals surface area contributed by atoms with E-state index in [-0.39, 0.29) is 6.42 Å². The highest BCUT2D eigenvalue weighted by Gasteiger charge is 2.25. The van der Waals surface area contributed by atoms with Gasteiger partial charge in [-0.2, -0.15) is 13.2 Å². The monoisotopic (exact) mass is 193 g/mol. The van der Waals surface area contributed by atoms with Crippen molar-refractivity contribution < 1.29 is 13.2 Å². The molecule has 0 aliphatic rings. The highest BCUT2D eigenvalue weighted by atomic mass is 19.4. The van der Waals surface area contributed by atoms with Crippen LogP contribution in [0.2, 0.25) is 0 Å². The lowest BCUT2D eigenvalue weighted by Crippen LogP contribution is -2.05. The topological polar surface area (TPSA) is 12.0 Å². The Morgan fingerprint density at radius 3 is 2.46 bits per heavy atom. The molecule has 0 saturated heterocycles. The van der Waals surface area contributed by atoms with Crippen molar-refractivity contribution in [3.63, 3.8) is 0 Å². The summed E-state index contributed by atoms with van der Waals surface area (Å²) in [5.41, 5.74) is 0. The average molecular weight is 193 g/mol.